The van der Waals surface area contributed by atoms with Crippen molar-refractivity contribution in [2.75, 3.05) is 20.4 Å². The molecule has 0 aliphatic rings. The van der Waals surface area contributed by atoms with Crippen LogP contribution in [0.25, 0.3) is 0 Å². The third-order valence-electron chi connectivity index (χ3n) is 4.25. The molecule has 2 rings (SSSR count). The van der Waals surface area contributed by atoms with E-state index in [1.54, 1.807) is 50.5 Å². The molecule has 1 amide bonds. The Balaban J connectivity index is 0.00000111. The van der Waals surface area contributed by atoms with E-state index >= 15 is 0 Å². The maximum absolute atomic E-state index is 12.3. The number of carbonyl (C=O) groups excluding carboxylic acids is 2. The van der Waals surface area contributed by atoms with E-state index in [0.29, 0.717) is 23.3 Å². The molecule has 35 heavy (non-hydrogen) atoms. The van der Waals surface area contributed by atoms with Crippen molar-refractivity contribution in [2.45, 2.75) is 12.8 Å². The zero-order chi connectivity index (χ0) is 26.8. The van der Waals surface area contributed by atoms with E-state index in [9.17, 15) is 27.9 Å². The van der Waals surface area contributed by atoms with Crippen LogP contribution in [0.15, 0.2) is 53.5 Å². The molecule has 0 saturated carbocycles. The average Bonchev–Trinajstić information content (AvgIpc) is 2.73. The van der Waals surface area contributed by atoms with Gasteiger partial charge in [-0.05, 0) is 48.4 Å². The lowest BCUT2D eigenvalue weighted by molar-refractivity contribution is -0.145. The highest BCUT2D eigenvalue weighted by atomic mass is 32.2. The number of guanidine groups is 1. The van der Waals surface area contributed by atoms with Crippen molar-refractivity contribution >= 4 is 39.6 Å². The van der Waals surface area contributed by atoms with Gasteiger partial charge >= 0.3 is 11.9 Å². The SMILES string of the molecule is CN(C)C(=O)CC(Cc1ccc(OC(=O)c2ccc(N=C(N)N)cc2)cc1)C(=O)O.CS(=O)(=O)O. The summed E-state index contributed by atoms with van der Waals surface area (Å²) in [6, 6.07) is 12.7. The number of aliphatic carboxylic acids is 1. The number of carboxylic acid groups (broad SMARTS) is 1. The van der Waals surface area contributed by atoms with E-state index in [1.807, 2.05) is 0 Å². The summed E-state index contributed by atoms with van der Waals surface area (Å²) < 4.78 is 31.2. The van der Waals surface area contributed by atoms with Crippen LogP contribution in [0.3, 0.4) is 0 Å². The Hall–Kier alpha value is -3.97. The number of ether oxygens (including phenoxy) is 1. The van der Waals surface area contributed by atoms with E-state index < -0.39 is 28.0 Å². The van der Waals surface area contributed by atoms with Crippen LogP contribution in [0, 0.1) is 5.92 Å². The van der Waals surface area contributed by atoms with E-state index in [4.69, 9.17) is 20.8 Å². The molecule has 0 bridgehead atoms. The zero-order valence-electron chi connectivity index (χ0n) is 19.4. The van der Waals surface area contributed by atoms with Crippen molar-refractivity contribution in [3.05, 3.63) is 59.7 Å². The first-order valence-corrected chi connectivity index (χ1v) is 11.9. The molecule has 12 nitrogen and oxygen atoms in total. The molecule has 0 spiro atoms. The second-order valence-electron chi connectivity index (χ2n) is 7.58. The minimum Gasteiger partial charge on any atom is -0.481 e. The maximum Gasteiger partial charge on any atom is 0.343 e. The van der Waals surface area contributed by atoms with Gasteiger partial charge in [0.15, 0.2) is 5.96 Å². The number of nitrogens with two attached hydrogens (primary N) is 2. The number of amides is 1. The number of benzene rings is 2. The molecule has 1 unspecified atom stereocenters. The molecule has 0 aliphatic carbocycles. The van der Waals surface area contributed by atoms with E-state index in [-0.39, 0.29) is 24.7 Å². The average molecular weight is 509 g/mol. The number of hydrogen-bond acceptors (Lipinski definition) is 7. The summed E-state index contributed by atoms with van der Waals surface area (Å²) in [6.07, 6.45) is 0.817. The van der Waals surface area contributed by atoms with E-state index in [0.717, 1.165) is 5.56 Å². The highest BCUT2D eigenvalue weighted by molar-refractivity contribution is 7.85. The summed E-state index contributed by atoms with van der Waals surface area (Å²) in [5.74, 6) is -2.45. The van der Waals surface area contributed by atoms with Gasteiger partial charge in [0, 0.05) is 20.5 Å². The highest BCUT2D eigenvalue weighted by Crippen LogP contribution is 2.20. The fourth-order valence-corrected chi connectivity index (χ4v) is 2.61. The van der Waals surface area contributed by atoms with Gasteiger partial charge in [-0.15, -0.1) is 0 Å². The van der Waals surface area contributed by atoms with Crippen LogP contribution in [-0.4, -0.2) is 67.1 Å². The van der Waals surface area contributed by atoms with Gasteiger partial charge in [-0.3, -0.25) is 14.1 Å². The smallest absolute Gasteiger partial charge is 0.343 e. The molecule has 1 atom stereocenters. The molecule has 2 aromatic rings. The molecular weight excluding hydrogens is 480 g/mol. The standard InChI is InChI=1S/C21H24N4O5.CH4O3S/c1-25(2)18(26)12-15(19(27)28)11-13-3-9-17(10-4-13)30-20(29)14-5-7-16(8-6-14)24-21(22)23;1-5(2,3)4/h3-10,15H,11-12H2,1-2H3,(H,27,28)(H4,22,23,24);1H3,(H,2,3,4). The highest BCUT2D eigenvalue weighted by Gasteiger charge is 2.22. The molecular formula is C22H28N4O8S. The van der Waals surface area contributed by atoms with Gasteiger partial charge < -0.3 is 26.2 Å². The van der Waals surface area contributed by atoms with Crippen molar-refractivity contribution in [1.82, 2.24) is 4.90 Å². The van der Waals surface area contributed by atoms with Crippen LogP contribution < -0.4 is 16.2 Å². The molecule has 0 fully saturated rings. The Bertz CT molecular complexity index is 1150. The summed E-state index contributed by atoms with van der Waals surface area (Å²) in [6.45, 7) is 0. The van der Waals surface area contributed by atoms with Crippen molar-refractivity contribution in [3.63, 3.8) is 0 Å². The number of carbonyl (C=O) groups is 3. The summed E-state index contributed by atoms with van der Waals surface area (Å²) in [5, 5.41) is 9.37. The van der Waals surface area contributed by atoms with Gasteiger partial charge in [-0.1, -0.05) is 12.1 Å². The number of esters is 1. The minimum absolute atomic E-state index is 0.0818. The Morgan fingerprint density at radius 3 is 1.97 bits per heavy atom. The molecule has 2 aromatic carbocycles. The van der Waals surface area contributed by atoms with Crippen LogP contribution in [0.1, 0.15) is 22.3 Å². The van der Waals surface area contributed by atoms with Gasteiger partial charge in [0.25, 0.3) is 10.1 Å². The van der Waals surface area contributed by atoms with E-state index in [2.05, 4.69) is 4.99 Å². The van der Waals surface area contributed by atoms with Gasteiger partial charge in [0.05, 0.1) is 23.4 Å². The summed E-state index contributed by atoms with van der Waals surface area (Å²) in [5.41, 5.74) is 12.2. The first-order chi connectivity index (χ1) is 16.2. The number of nitrogens with zero attached hydrogens (tertiary/aromatic N) is 2. The number of hydrogen-bond donors (Lipinski definition) is 4. The fourth-order valence-electron chi connectivity index (χ4n) is 2.61. The monoisotopic (exact) mass is 508 g/mol. The molecule has 0 aliphatic heterocycles. The van der Waals surface area contributed by atoms with Gasteiger partial charge in [0.2, 0.25) is 5.91 Å². The van der Waals surface area contributed by atoms with Gasteiger partial charge in [-0.2, -0.15) is 8.42 Å². The van der Waals surface area contributed by atoms with Crippen LogP contribution >= 0.6 is 0 Å². The first-order valence-electron chi connectivity index (χ1n) is 10.0. The molecule has 190 valence electrons. The molecule has 0 heterocycles. The van der Waals surface area contributed by atoms with Crippen molar-refractivity contribution in [2.24, 2.45) is 22.4 Å². The van der Waals surface area contributed by atoms with Crippen LogP contribution in [0.2, 0.25) is 0 Å². The van der Waals surface area contributed by atoms with Crippen molar-refractivity contribution < 1.29 is 37.2 Å². The predicted molar refractivity (Wildman–Crippen MR) is 129 cm³/mol. The van der Waals surface area contributed by atoms with E-state index in [1.165, 1.54) is 17.0 Å². The fraction of sp³-hybridized carbons (Fsp3) is 0.273. The number of rotatable bonds is 8. The summed E-state index contributed by atoms with van der Waals surface area (Å²) >= 11 is 0. The minimum atomic E-state index is -3.67. The summed E-state index contributed by atoms with van der Waals surface area (Å²) in [7, 11) is -0.502. The van der Waals surface area contributed by atoms with Crippen molar-refractivity contribution in [3.8, 4) is 5.75 Å². The lowest BCUT2D eigenvalue weighted by Crippen LogP contribution is -2.28. The lowest BCUT2D eigenvalue weighted by Gasteiger charge is -2.15. The Morgan fingerprint density at radius 1 is 1.03 bits per heavy atom. The third-order valence-corrected chi connectivity index (χ3v) is 4.25. The number of carboxylic acids is 1. The van der Waals surface area contributed by atoms with Crippen molar-refractivity contribution in [1.29, 1.82) is 0 Å². The quantitative estimate of drug-likeness (QED) is 0.131. The normalized spacial score (nSPS) is 11.3. The third kappa shape index (κ3) is 12.2. The zero-order valence-corrected chi connectivity index (χ0v) is 20.2. The molecule has 0 radical (unpaired) electrons. The predicted octanol–water partition coefficient (Wildman–Crippen LogP) is 1.04. The second kappa shape index (κ2) is 13.1. The molecule has 6 N–H and O–H groups in total. The molecule has 0 saturated heterocycles. The molecule has 13 heteroatoms. The summed E-state index contributed by atoms with van der Waals surface area (Å²) in [4.78, 5) is 40.8. The van der Waals surface area contributed by atoms with Crippen LogP contribution in [-0.2, 0) is 26.1 Å². The van der Waals surface area contributed by atoms with Crippen LogP contribution in [0.4, 0.5) is 5.69 Å². The Labute approximate surface area is 202 Å². The first kappa shape index (κ1) is 29.1. The largest absolute Gasteiger partial charge is 0.481 e. The lowest BCUT2D eigenvalue weighted by atomic mass is 9.95. The maximum atomic E-state index is 12.3. The van der Waals surface area contributed by atoms with Gasteiger partial charge in [-0.25, -0.2) is 9.79 Å². The van der Waals surface area contributed by atoms with Crippen LogP contribution in [0.5, 0.6) is 5.75 Å². The Kier molecular flexibility index (Phi) is 10.8. The number of aliphatic imine (C=N–C) groups is 1. The second-order valence-corrected chi connectivity index (χ2v) is 9.05. The Morgan fingerprint density at radius 2 is 1.54 bits per heavy atom. The van der Waals surface area contributed by atoms with Gasteiger partial charge in [0.1, 0.15) is 5.75 Å². The molecule has 0 aromatic heterocycles. The topological polar surface area (TPSA) is 203 Å².